The Morgan fingerprint density at radius 3 is 2.12 bits per heavy atom. The van der Waals surface area contributed by atoms with E-state index in [1.807, 2.05) is 11.3 Å². The zero-order valence-corrected chi connectivity index (χ0v) is 33.2. The monoisotopic (exact) mass is 741 g/mol. The second-order valence-electron chi connectivity index (χ2n) is 16.0. The van der Waals surface area contributed by atoms with Gasteiger partial charge in [0.25, 0.3) is 0 Å². The minimum Gasteiger partial charge on any atom is -0.314 e. The molecule has 274 valence electrons. The predicted molar refractivity (Wildman–Crippen MR) is 243 cm³/mol. The van der Waals surface area contributed by atoms with Crippen molar-refractivity contribution in [1.29, 1.82) is 0 Å². The Bertz CT molecular complexity index is 2700. The summed E-state index contributed by atoms with van der Waals surface area (Å²) in [4.78, 5) is 2.58. The van der Waals surface area contributed by atoms with Crippen LogP contribution in [0.2, 0.25) is 0 Å². The number of hydrogen-bond acceptors (Lipinski definition) is 2. The van der Waals surface area contributed by atoms with Crippen LogP contribution in [0.1, 0.15) is 69.1 Å². The minimum atomic E-state index is 0.411. The molecule has 4 aliphatic carbocycles. The fourth-order valence-electron chi connectivity index (χ4n) is 9.38. The van der Waals surface area contributed by atoms with Gasteiger partial charge in [0.05, 0.1) is 0 Å². The SMILES string of the molecule is CC1CC=CC2=C(c3cccc4c3sc3ccccc34)CCC(N(c3ccc(C4=CCCC=C4)cc3)c3ccc(-c4cccc(C5=C[C@@H](C)CC=C5)c4)cc3)=C21. The lowest BCUT2D eigenvalue weighted by Crippen LogP contribution is -2.25. The van der Waals surface area contributed by atoms with Crippen LogP contribution in [-0.4, -0.2) is 0 Å². The summed E-state index contributed by atoms with van der Waals surface area (Å²) in [7, 11) is 0. The van der Waals surface area contributed by atoms with E-state index in [-0.39, 0.29) is 0 Å². The highest BCUT2D eigenvalue weighted by atomic mass is 32.1. The van der Waals surface area contributed by atoms with Crippen molar-refractivity contribution in [2.75, 3.05) is 4.90 Å². The molecule has 0 fully saturated rings. The fraction of sp³-hybridized carbons (Fsp3) is 0.185. The van der Waals surface area contributed by atoms with Gasteiger partial charge < -0.3 is 4.90 Å². The summed E-state index contributed by atoms with van der Waals surface area (Å²) in [5.41, 5.74) is 17.4. The molecule has 5 aromatic carbocycles. The van der Waals surface area contributed by atoms with Crippen LogP contribution in [0.4, 0.5) is 11.4 Å². The van der Waals surface area contributed by atoms with Crippen LogP contribution in [0.5, 0.6) is 0 Å². The lowest BCUT2D eigenvalue weighted by atomic mass is 9.75. The van der Waals surface area contributed by atoms with Crippen LogP contribution in [-0.2, 0) is 0 Å². The van der Waals surface area contributed by atoms with Gasteiger partial charge in [0.2, 0.25) is 0 Å². The maximum absolute atomic E-state index is 2.58. The lowest BCUT2D eigenvalue weighted by Gasteiger charge is -2.37. The molecule has 6 aromatic rings. The summed E-state index contributed by atoms with van der Waals surface area (Å²) < 4.78 is 2.77. The molecule has 1 aromatic heterocycles. The number of anilines is 2. The first-order valence-electron chi connectivity index (χ1n) is 20.5. The molecule has 0 saturated heterocycles. The van der Waals surface area contributed by atoms with Crippen LogP contribution < -0.4 is 4.90 Å². The number of rotatable bonds is 7. The first-order valence-corrected chi connectivity index (χ1v) is 21.3. The Hall–Kier alpha value is -5.70. The molecule has 0 amide bonds. The van der Waals surface area contributed by atoms with Crippen molar-refractivity contribution in [3.05, 3.63) is 197 Å². The molecule has 2 atom stereocenters. The average Bonchev–Trinajstić information content (AvgIpc) is 3.64. The maximum atomic E-state index is 2.58. The molecule has 0 bridgehead atoms. The van der Waals surface area contributed by atoms with E-state index in [2.05, 4.69) is 183 Å². The van der Waals surface area contributed by atoms with Gasteiger partial charge >= 0.3 is 0 Å². The molecular formula is C54H47NS. The van der Waals surface area contributed by atoms with Gasteiger partial charge in [-0.05, 0) is 142 Å². The average molecular weight is 742 g/mol. The molecule has 0 saturated carbocycles. The van der Waals surface area contributed by atoms with E-state index in [4.69, 9.17) is 0 Å². The van der Waals surface area contributed by atoms with E-state index in [1.54, 1.807) is 0 Å². The smallest absolute Gasteiger partial charge is 0.0458 e. The molecule has 1 nitrogen and oxygen atoms in total. The number of nitrogens with zero attached hydrogens (tertiary/aromatic N) is 1. The summed E-state index contributed by atoms with van der Waals surface area (Å²) in [6, 6.07) is 43.5. The molecule has 0 aliphatic heterocycles. The third-order valence-electron chi connectivity index (χ3n) is 12.2. The summed E-state index contributed by atoms with van der Waals surface area (Å²) in [5, 5.41) is 2.73. The largest absolute Gasteiger partial charge is 0.314 e. The second kappa shape index (κ2) is 14.8. The van der Waals surface area contributed by atoms with Crippen molar-refractivity contribution < 1.29 is 0 Å². The number of hydrogen-bond donors (Lipinski definition) is 0. The Kier molecular flexibility index (Phi) is 9.16. The second-order valence-corrected chi connectivity index (χ2v) is 17.0. The summed E-state index contributed by atoms with van der Waals surface area (Å²) >= 11 is 1.94. The zero-order valence-electron chi connectivity index (χ0n) is 32.3. The quantitative estimate of drug-likeness (QED) is 0.157. The van der Waals surface area contributed by atoms with E-state index < -0.39 is 0 Å². The highest BCUT2D eigenvalue weighted by Gasteiger charge is 2.31. The first-order chi connectivity index (χ1) is 27.6. The van der Waals surface area contributed by atoms with Gasteiger partial charge in [-0.2, -0.15) is 0 Å². The van der Waals surface area contributed by atoms with Gasteiger partial charge in [-0.25, -0.2) is 0 Å². The van der Waals surface area contributed by atoms with Crippen LogP contribution in [0.25, 0.3) is 48.0 Å². The van der Waals surface area contributed by atoms with E-state index in [0.717, 1.165) is 38.5 Å². The van der Waals surface area contributed by atoms with Gasteiger partial charge in [-0.1, -0.05) is 141 Å². The Morgan fingerprint density at radius 1 is 0.589 bits per heavy atom. The van der Waals surface area contributed by atoms with Gasteiger partial charge in [-0.15, -0.1) is 11.3 Å². The topological polar surface area (TPSA) is 3.24 Å². The third-order valence-corrected chi connectivity index (χ3v) is 13.4. The van der Waals surface area contributed by atoms with Crippen molar-refractivity contribution in [2.24, 2.45) is 11.8 Å². The van der Waals surface area contributed by atoms with Crippen LogP contribution in [0, 0.1) is 11.8 Å². The van der Waals surface area contributed by atoms with Crippen molar-refractivity contribution in [3.63, 3.8) is 0 Å². The molecule has 0 radical (unpaired) electrons. The maximum Gasteiger partial charge on any atom is 0.0458 e. The van der Waals surface area contributed by atoms with Crippen molar-refractivity contribution in [3.8, 4) is 11.1 Å². The van der Waals surface area contributed by atoms with Crippen molar-refractivity contribution in [1.82, 2.24) is 0 Å². The van der Waals surface area contributed by atoms with E-state index >= 15 is 0 Å². The zero-order chi connectivity index (χ0) is 37.6. The Labute approximate surface area is 335 Å². The molecule has 0 spiro atoms. The van der Waals surface area contributed by atoms with Gasteiger partial charge in [0.1, 0.15) is 0 Å². The third kappa shape index (κ3) is 6.36. The molecule has 2 heteroatoms. The number of fused-ring (bicyclic) bond motifs is 4. The first kappa shape index (κ1) is 34.8. The number of thiophene rings is 1. The predicted octanol–water partition coefficient (Wildman–Crippen LogP) is 15.7. The van der Waals surface area contributed by atoms with Crippen LogP contribution in [0.3, 0.4) is 0 Å². The Balaban J connectivity index is 1.10. The van der Waals surface area contributed by atoms with Crippen LogP contribution in [0.15, 0.2) is 181 Å². The molecule has 1 unspecified atom stereocenters. The highest BCUT2D eigenvalue weighted by Crippen LogP contribution is 2.49. The van der Waals surface area contributed by atoms with Gasteiger partial charge in [0, 0.05) is 37.2 Å². The van der Waals surface area contributed by atoms with E-state index in [1.165, 1.54) is 92.9 Å². The molecule has 4 aliphatic rings. The highest BCUT2D eigenvalue weighted by molar-refractivity contribution is 7.26. The number of allylic oxidation sites excluding steroid dienone is 14. The molecular weight excluding hydrogens is 695 g/mol. The lowest BCUT2D eigenvalue weighted by molar-refractivity contribution is 0.666. The summed E-state index contributed by atoms with van der Waals surface area (Å²) in [6.45, 7) is 4.73. The molecule has 56 heavy (non-hydrogen) atoms. The summed E-state index contributed by atoms with van der Waals surface area (Å²) in [5.74, 6) is 0.983. The van der Waals surface area contributed by atoms with E-state index in [9.17, 15) is 0 Å². The van der Waals surface area contributed by atoms with Crippen molar-refractivity contribution >= 4 is 59.6 Å². The number of benzene rings is 5. The van der Waals surface area contributed by atoms with Crippen LogP contribution >= 0.6 is 11.3 Å². The standard InChI is InChI=1S/C54H47NS/c1-36-12-8-16-41(34-36)43-18-10-17-42(35-43)40-26-30-45(31-27-40)55(44-28-24-39(25-29-44)38-14-4-3-5-15-38)51-33-32-46(48-20-9-13-37(2)53(48)51)49-21-11-22-50-47-19-6-7-23-52(47)56-54(49)50/h4,6-11,14-31,34-37H,3,5,12-13,32-33H2,1-2H3/t36-,37?/m0/s1. The van der Waals surface area contributed by atoms with E-state index in [0.29, 0.717) is 11.8 Å². The molecule has 1 heterocycles. The summed E-state index contributed by atoms with van der Waals surface area (Å²) in [6.07, 6.45) is 25.2. The van der Waals surface area contributed by atoms with Gasteiger partial charge in [0.15, 0.2) is 0 Å². The molecule has 10 rings (SSSR count). The Morgan fingerprint density at radius 2 is 1.32 bits per heavy atom. The van der Waals surface area contributed by atoms with Gasteiger partial charge in [-0.3, -0.25) is 0 Å². The normalized spacial score (nSPS) is 19.4. The molecule has 0 N–H and O–H groups in total. The minimum absolute atomic E-state index is 0.411. The fourth-order valence-corrected chi connectivity index (χ4v) is 10.6. The van der Waals surface area contributed by atoms with Crippen molar-refractivity contribution in [2.45, 2.75) is 52.4 Å².